The zero-order valence-electron chi connectivity index (χ0n) is 13.5. The quantitative estimate of drug-likeness (QED) is 0.358. The number of rotatable bonds is 6. The van der Waals surface area contributed by atoms with Crippen molar-refractivity contribution in [1.29, 1.82) is 0 Å². The van der Waals surface area contributed by atoms with Crippen molar-refractivity contribution in [2.45, 2.75) is 27.2 Å². The van der Waals surface area contributed by atoms with Gasteiger partial charge in [0.15, 0.2) is 0 Å². The minimum atomic E-state index is -0.188. The Bertz CT molecular complexity index is 713. The van der Waals surface area contributed by atoms with Gasteiger partial charge in [-0.2, -0.15) is 0 Å². The van der Waals surface area contributed by atoms with Crippen molar-refractivity contribution >= 4 is 23.5 Å². The van der Waals surface area contributed by atoms with Gasteiger partial charge in [0.05, 0.1) is 4.08 Å². The van der Waals surface area contributed by atoms with Gasteiger partial charge < -0.3 is 0 Å². The molecule has 3 heteroatoms. The van der Waals surface area contributed by atoms with E-state index in [2.05, 4.69) is 55.5 Å². The molecule has 0 bridgehead atoms. The molecule has 0 aliphatic heterocycles. The van der Waals surface area contributed by atoms with E-state index in [9.17, 15) is 4.39 Å². The monoisotopic (exact) mass is 354 g/mol. The third-order valence-corrected chi connectivity index (χ3v) is 6.26. The minimum Gasteiger partial charge on any atom is -0.207 e. The molecule has 3 aromatic carbocycles. The van der Waals surface area contributed by atoms with E-state index in [1.54, 1.807) is 0 Å². The molecule has 0 fully saturated rings. The van der Waals surface area contributed by atoms with Crippen molar-refractivity contribution in [1.82, 2.24) is 0 Å². The number of benzene rings is 3. The molecule has 0 spiro atoms. The van der Waals surface area contributed by atoms with Crippen LogP contribution in [0.1, 0.15) is 12.5 Å². The molecule has 3 rings (SSSR count). The topological polar surface area (TPSA) is 0 Å². The van der Waals surface area contributed by atoms with E-state index in [0.717, 1.165) is 12.0 Å². The van der Waals surface area contributed by atoms with E-state index in [1.165, 1.54) is 21.9 Å². The summed E-state index contributed by atoms with van der Waals surface area (Å²) in [5.41, 5.74) is 1.14. The zero-order chi connectivity index (χ0) is 16.8. The molecule has 0 aromatic heterocycles. The van der Waals surface area contributed by atoms with Crippen molar-refractivity contribution in [3.63, 3.8) is 0 Å². The first kappa shape index (κ1) is 17.1. The highest BCUT2D eigenvalue weighted by Crippen LogP contribution is 2.47. The van der Waals surface area contributed by atoms with E-state index in [-0.39, 0.29) is 9.90 Å². The molecule has 0 radical (unpaired) electrons. The van der Waals surface area contributed by atoms with Gasteiger partial charge in [-0.05, 0) is 55.3 Å². The average molecular weight is 355 g/mol. The van der Waals surface area contributed by atoms with Gasteiger partial charge >= 0.3 is 0 Å². The highest BCUT2D eigenvalue weighted by Gasteiger charge is 2.27. The van der Waals surface area contributed by atoms with Gasteiger partial charge in [-0.3, -0.25) is 0 Å². The van der Waals surface area contributed by atoms with E-state index in [0.29, 0.717) is 0 Å². The Kier molecular flexibility index (Phi) is 5.64. The molecule has 0 atom stereocenters. The Balaban J connectivity index is 1.85. The first-order chi connectivity index (χ1) is 11.6. The molecule has 0 unspecified atom stereocenters. The Hall–Kier alpha value is -1.71. The number of hydrogen-bond donors (Lipinski definition) is 0. The summed E-state index contributed by atoms with van der Waals surface area (Å²) in [7, 11) is 0. The van der Waals surface area contributed by atoms with Gasteiger partial charge in [-0.15, -0.1) is 23.5 Å². The molecule has 0 saturated carbocycles. The molecular weight excluding hydrogens is 335 g/mol. The summed E-state index contributed by atoms with van der Waals surface area (Å²) in [6.07, 6.45) is 0.854. The van der Waals surface area contributed by atoms with Crippen LogP contribution >= 0.6 is 23.5 Å². The van der Waals surface area contributed by atoms with Crippen LogP contribution in [0.15, 0.2) is 94.7 Å². The van der Waals surface area contributed by atoms with Gasteiger partial charge in [0.2, 0.25) is 0 Å². The SMILES string of the molecule is CC(Cc1ccc(F)cc1)(Sc1ccccc1)Sc1ccccc1. The third kappa shape index (κ3) is 4.89. The zero-order valence-corrected chi connectivity index (χ0v) is 15.1. The summed E-state index contributed by atoms with van der Waals surface area (Å²) in [5.74, 6) is -0.188. The van der Waals surface area contributed by atoms with E-state index in [1.807, 2.05) is 47.8 Å². The van der Waals surface area contributed by atoms with E-state index in [4.69, 9.17) is 0 Å². The largest absolute Gasteiger partial charge is 0.207 e. The fraction of sp³-hybridized carbons (Fsp3) is 0.143. The number of halogens is 1. The Morgan fingerprint density at radius 2 is 1.17 bits per heavy atom. The van der Waals surface area contributed by atoms with Crippen molar-refractivity contribution in [3.8, 4) is 0 Å². The maximum atomic E-state index is 13.2. The standard InChI is InChI=1S/C21H19FS2/c1-21(23-19-8-4-2-5-9-19,24-20-10-6-3-7-11-20)16-17-12-14-18(22)15-13-17/h2-15H,16H2,1H3. The molecule has 0 heterocycles. The van der Waals surface area contributed by atoms with Gasteiger partial charge in [0.25, 0.3) is 0 Å². The normalized spacial score (nSPS) is 11.4. The fourth-order valence-corrected chi connectivity index (χ4v) is 5.35. The second kappa shape index (κ2) is 7.91. The Labute approximate surface area is 151 Å². The maximum Gasteiger partial charge on any atom is 0.123 e. The summed E-state index contributed by atoms with van der Waals surface area (Å²) in [5, 5.41) is 0. The molecule has 0 aliphatic rings. The molecule has 24 heavy (non-hydrogen) atoms. The molecule has 0 amide bonds. The molecule has 0 saturated heterocycles. The lowest BCUT2D eigenvalue weighted by Gasteiger charge is -2.29. The van der Waals surface area contributed by atoms with E-state index < -0.39 is 0 Å². The summed E-state index contributed by atoms with van der Waals surface area (Å²) in [6.45, 7) is 2.26. The van der Waals surface area contributed by atoms with Crippen LogP contribution < -0.4 is 0 Å². The maximum absolute atomic E-state index is 13.2. The van der Waals surface area contributed by atoms with Crippen LogP contribution in [-0.4, -0.2) is 4.08 Å². The first-order valence-electron chi connectivity index (χ1n) is 7.86. The highest BCUT2D eigenvalue weighted by molar-refractivity contribution is 8.18. The molecule has 122 valence electrons. The molecule has 0 nitrogen and oxygen atoms in total. The van der Waals surface area contributed by atoms with Gasteiger partial charge in [-0.1, -0.05) is 48.5 Å². The molecule has 3 aromatic rings. The van der Waals surface area contributed by atoms with E-state index >= 15 is 0 Å². The van der Waals surface area contributed by atoms with Crippen LogP contribution in [0, 0.1) is 5.82 Å². The molecular formula is C21H19FS2. The Morgan fingerprint density at radius 1 is 0.708 bits per heavy atom. The number of hydrogen-bond acceptors (Lipinski definition) is 2. The second-order valence-electron chi connectivity index (χ2n) is 5.77. The summed E-state index contributed by atoms with van der Waals surface area (Å²) < 4.78 is 13.1. The van der Waals surface area contributed by atoms with Crippen molar-refractivity contribution in [2.24, 2.45) is 0 Å². The van der Waals surface area contributed by atoms with Crippen molar-refractivity contribution in [3.05, 3.63) is 96.3 Å². The Morgan fingerprint density at radius 3 is 1.62 bits per heavy atom. The predicted molar refractivity (Wildman–Crippen MR) is 103 cm³/mol. The smallest absolute Gasteiger partial charge is 0.123 e. The lowest BCUT2D eigenvalue weighted by molar-refractivity contribution is 0.626. The first-order valence-corrected chi connectivity index (χ1v) is 9.49. The van der Waals surface area contributed by atoms with Crippen LogP contribution in [-0.2, 0) is 6.42 Å². The summed E-state index contributed by atoms with van der Waals surface area (Å²) in [6, 6.07) is 27.7. The van der Waals surface area contributed by atoms with Crippen LogP contribution in [0.2, 0.25) is 0 Å². The fourth-order valence-electron chi connectivity index (χ4n) is 2.54. The average Bonchev–Trinajstić information content (AvgIpc) is 2.58. The van der Waals surface area contributed by atoms with Crippen molar-refractivity contribution < 1.29 is 4.39 Å². The van der Waals surface area contributed by atoms with Crippen LogP contribution in [0.3, 0.4) is 0 Å². The van der Waals surface area contributed by atoms with Gasteiger partial charge in [0.1, 0.15) is 5.82 Å². The lowest BCUT2D eigenvalue weighted by atomic mass is 10.1. The molecule has 0 aliphatic carbocycles. The highest BCUT2D eigenvalue weighted by atomic mass is 32.2. The van der Waals surface area contributed by atoms with Crippen LogP contribution in [0.5, 0.6) is 0 Å². The third-order valence-electron chi connectivity index (χ3n) is 3.59. The van der Waals surface area contributed by atoms with Crippen molar-refractivity contribution in [2.75, 3.05) is 0 Å². The molecule has 0 N–H and O–H groups in total. The number of thioether (sulfide) groups is 2. The summed E-state index contributed by atoms with van der Waals surface area (Å²) >= 11 is 3.71. The lowest BCUT2D eigenvalue weighted by Crippen LogP contribution is -2.18. The minimum absolute atomic E-state index is 0.0828. The van der Waals surface area contributed by atoms with Crippen LogP contribution in [0.4, 0.5) is 4.39 Å². The second-order valence-corrected chi connectivity index (χ2v) is 9.18. The van der Waals surface area contributed by atoms with Crippen LogP contribution in [0.25, 0.3) is 0 Å². The van der Waals surface area contributed by atoms with Gasteiger partial charge in [-0.25, -0.2) is 4.39 Å². The summed E-state index contributed by atoms with van der Waals surface area (Å²) in [4.78, 5) is 2.48. The van der Waals surface area contributed by atoms with Gasteiger partial charge in [0, 0.05) is 9.79 Å². The predicted octanol–water partition coefficient (Wildman–Crippen LogP) is 6.67.